The number of amides is 1. The normalized spacial score (nSPS) is 12.1. The molecule has 0 aliphatic heterocycles. The first-order valence-electron chi connectivity index (χ1n) is 10.4. The molecule has 0 spiro atoms. The van der Waals surface area contributed by atoms with Gasteiger partial charge in [0.25, 0.3) is 11.5 Å². The van der Waals surface area contributed by atoms with Crippen LogP contribution in [0.3, 0.4) is 0 Å². The van der Waals surface area contributed by atoms with Gasteiger partial charge in [0, 0.05) is 12.1 Å². The Hall–Kier alpha value is -3.46. The molecule has 8 nitrogen and oxygen atoms in total. The van der Waals surface area contributed by atoms with Crippen LogP contribution in [0, 0.1) is 6.92 Å². The second kappa shape index (κ2) is 9.35. The average Bonchev–Trinajstić information content (AvgIpc) is 3.18. The summed E-state index contributed by atoms with van der Waals surface area (Å²) in [4.78, 5) is 32.3. The lowest BCUT2D eigenvalue weighted by molar-refractivity contribution is 0.0949. The monoisotopic (exact) mass is 448 g/mol. The Morgan fingerprint density at radius 1 is 1.19 bits per heavy atom. The number of hydrogen-bond donors (Lipinski definition) is 2. The number of aromatic nitrogens is 5. The van der Waals surface area contributed by atoms with Gasteiger partial charge in [0.1, 0.15) is 5.82 Å². The Bertz CT molecular complexity index is 1330. The topological polar surface area (TPSA) is 106 Å². The third-order valence-corrected chi connectivity index (χ3v) is 6.19. The van der Waals surface area contributed by atoms with Crippen LogP contribution in [-0.4, -0.2) is 30.6 Å². The van der Waals surface area contributed by atoms with Gasteiger partial charge in [-0.25, -0.2) is 4.98 Å². The van der Waals surface area contributed by atoms with Crippen LogP contribution in [0.4, 0.5) is 0 Å². The number of aromatic amines is 1. The first-order valence-corrected chi connectivity index (χ1v) is 11.3. The average molecular weight is 449 g/mol. The second-order valence-corrected chi connectivity index (χ2v) is 8.73. The maximum atomic E-state index is 12.5. The smallest absolute Gasteiger partial charge is 0.258 e. The zero-order chi connectivity index (χ0) is 22.7. The SMILES string of the molecule is CCn1c(CNC(=O)c2cccc(C)c2)nnc1S[C@H](C)c1nc2ccccc2c(=O)[nH]1. The van der Waals surface area contributed by atoms with Crippen molar-refractivity contribution in [3.8, 4) is 0 Å². The molecule has 4 rings (SSSR count). The number of carbonyl (C=O) groups excluding carboxylic acids is 1. The van der Waals surface area contributed by atoms with Crippen molar-refractivity contribution in [2.45, 2.75) is 44.3 Å². The summed E-state index contributed by atoms with van der Waals surface area (Å²) < 4.78 is 1.96. The van der Waals surface area contributed by atoms with E-state index in [1.807, 2.05) is 61.7 Å². The van der Waals surface area contributed by atoms with Crippen LogP contribution >= 0.6 is 11.8 Å². The minimum absolute atomic E-state index is 0.142. The Kier molecular flexibility index (Phi) is 6.36. The van der Waals surface area contributed by atoms with Gasteiger partial charge in [-0.1, -0.05) is 41.6 Å². The van der Waals surface area contributed by atoms with Crippen molar-refractivity contribution in [3.63, 3.8) is 0 Å². The lowest BCUT2D eigenvalue weighted by Crippen LogP contribution is -2.24. The van der Waals surface area contributed by atoms with Crippen molar-refractivity contribution >= 4 is 28.6 Å². The van der Waals surface area contributed by atoms with Crippen LogP contribution in [0.5, 0.6) is 0 Å². The Morgan fingerprint density at radius 3 is 2.78 bits per heavy atom. The third kappa shape index (κ3) is 4.57. The largest absolute Gasteiger partial charge is 0.345 e. The van der Waals surface area contributed by atoms with Crippen molar-refractivity contribution < 1.29 is 4.79 Å². The number of carbonyl (C=O) groups is 1. The molecule has 164 valence electrons. The first-order chi connectivity index (χ1) is 15.5. The highest BCUT2D eigenvalue weighted by molar-refractivity contribution is 7.99. The van der Waals surface area contributed by atoms with E-state index in [9.17, 15) is 9.59 Å². The summed E-state index contributed by atoms with van der Waals surface area (Å²) in [7, 11) is 0. The molecule has 4 aromatic rings. The lowest BCUT2D eigenvalue weighted by atomic mass is 10.1. The van der Waals surface area contributed by atoms with E-state index >= 15 is 0 Å². The number of hydrogen-bond acceptors (Lipinski definition) is 6. The zero-order valence-electron chi connectivity index (χ0n) is 18.1. The fourth-order valence-electron chi connectivity index (χ4n) is 3.41. The van der Waals surface area contributed by atoms with Crippen LogP contribution in [0.15, 0.2) is 58.5 Å². The van der Waals surface area contributed by atoms with E-state index in [0.29, 0.717) is 39.8 Å². The van der Waals surface area contributed by atoms with Crippen LogP contribution in [-0.2, 0) is 13.1 Å². The lowest BCUT2D eigenvalue weighted by Gasteiger charge is -2.12. The Balaban J connectivity index is 1.49. The molecule has 2 aromatic carbocycles. The standard InChI is InChI=1S/C23H24N6O2S/c1-4-29-19(13-24-21(30)16-9-7-8-14(2)12-16)27-28-23(29)32-15(3)20-25-18-11-6-5-10-17(18)22(31)26-20/h5-12,15H,4,13H2,1-3H3,(H,24,30)(H,25,26,31)/t15-/m1/s1. The highest BCUT2D eigenvalue weighted by atomic mass is 32.2. The summed E-state index contributed by atoms with van der Waals surface area (Å²) in [5, 5.41) is 12.6. The van der Waals surface area contributed by atoms with E-state index in [1.54, 1.807) is 12.1 Å². The van der Waals surface area contributed by atoms with Gasteiger partial charge < -0.3 is 14.9 Å². The number of aryl methyl sites for hydroxylation is 1. The predicted molar refractivity (Wildman–Crippen MR) is 125 cm³/mol. The number of para-hydroxylation sites is 1. The molecule has 0 fully saturated rings. The van der Waals surface area contributed by atoms with Crippen LogP contribution in [0.2, 0.25) is 0 Å². The molecule has 0 saturated carbocycles. The number of nitrogens with one attached hydrogen (secondary N) is 2. The number of fused-ring (bicyclic) bond motifs is 1. The minimum Gasteiger partial charge on any atom is -0.345 e. The van der Waals surface area contributed by atoms with E-state index in [-0.39, 0.29) is 23.3 Å². The molecule has 32 heavy (non-hydrogen) atoms. The number of nitrogens with zero attached hydrogens (tertiary/aromatic N) is 4. The van der Waals surface area contributed by atoms with E-state index in [2.05, 4.69) is 25.5 Å². The molecule has 2 heterocycles. The zero-order valence-corrected chi connectivity index (χ0v) is 18.9. The molecule has 1 atom stereocenters. The summed E-state index contributed by atoms with van der Waals surface area (Å²) in [6.07, 6.45) is 0. The quantitative estimate of drug-likeness (QED) is 0.418. The molecular weight excluding hydrogens is 424 g/mol. The first kappa shape index (κ1) is 21.8. The molecule has 0 saturated heterocycles. The summed E-state index contributed by atoms with van der Waals surface area (Å²) in [6.45, 7) is 6.84. The van der Waals surface area contributed by atoms with Crippen molar-refractivity contribution in [2.75, 3.05) is 0 Å². The maximum absolute atomic E-state index is 12.5. The van der Waals surface area contributed by atoms with Gasteiger partial charge in [-0.3, -0.25) is 9.59 Å². The Morgan fingerprint density at radius 2 is 2.00 bits per heavy atom. The fourth-order valence-corrected chi connectivity index (χ4v) is 4.40. The fraction of sp³-hybridized carbons (Fsp3) is 0.261. The molecular formula is C23H24N6O2S. The van der Waals surface area contributed by atoms with E-state index < -0.39 is 0 Å². The van der Waals surface area contributed by atoms with Gasteiger partial charge in [-0.2, -0.15) is 0 Å². The highest BCUT2D eigenvalue weighted by Gasteiger charge is 2.18. The van der Waals surface area contributed by atoms with E-state index in [4.69, 9.17) is 0 Å². The van der Waals surface area contributed by atoms with Crippen LogP contribution < -0.4 is 10.9 Å². The van der Waals surface area contributed by atoms with E-state index in [0.717, 1.165) is 5.56 Å². The molecule has 0 radical (unpaired) electrons. The van der Waals surface area contributed by atoms with Gasteiger partial charge in [-0.15, -0.1) is 10.2 Å². The number of H-pyrrole nitrogens is 1. The molecule has 9 heteroatoms. The molecule has 2 aromatic heterocycles. The second-order valence-electron chi connectivity index (χ2n) is 7.42. The van der Waals surface area contributed by atoms with Crippen molar-refractivity contribution in [3.05, 3.63) is 81.7 Å². The predicted octanol–water partition coefficient (Wildman–Crippen LogP) is 3.63. The molecule has 2 N–H and O–H groups in total. The van der Waals surface area contributed by atoms with Gasteiger partial charge >= 0.3 is 0 Å². The summed E-state index contributed by atoms with van der Waals surface area (Å²) in [5.74, 6) is 1.10. The third-order valence-electron chi connectivity index (χ3n) is 5.10. The minimum atomic E-state index is -0.158. The Labute approximate surface area is 189 Å². The number of thioether (sulfide) groups is 1. The molecule has 0 aliphatic rings. The van der Waals surface area contributed by atoms with Crippen molar-refractivity contribution in [2.24, 2.45) is 0 Å². The summed E-state index contributed by atoms with van der Waals surface area (Å²) in [5.41, 5.74) is 2.15. The summed E-state index contributed by atoms with van der Waals surface area (Å²) >= 11 is 1.46. The van der Waals surface area contributed by atoms with Crippen LogP contribution in [0.1, 0.15) is 46.7 Å². The van der Waals surface area contributed by atoms with Gasteiger partial charge in [0.05, 0.1) is 22.7 Å². The number of benzene rings is 2. The highest BCUT2D eigenvalue weighted by Crippen LogP contribution is 2.32. The molecule has 0 aliphatic carbocycles. The van der Waals surface area contributed by atoms with Crippen molar-refractivity contribution in [1.29, 1.82) is 0 Å². The summed E-state index contributed by atoms with van der Waals surface area (Å²) in [6, 6.07) is 14.7. The van der Waals surface area contributed by atoms with Crippen molar-refractivity contribution in [1.82, 2.24) is 30.0 Å². The van der Waals surface area contributed by atoms with Gasteiger partial charge in [0.15, 0.2) is 11.0 Å². The molecule has 0 bridgehead atoms. The molecule has 1 amide bonds. The van der Waals surface area contributed by atoms with Gasteiger partial charge in [0.2, 0.25) is 0 Å². The number of rotatable bonds is 7. The van der Waals surface area contributed by atoms with E-state index in [1.165, 1.54) is 11.8 Å². The van der Waals surface area contributed by atoms with Gasteiger partial charge in [-0.05, 0) is 45.0 Å². The maximum Gasteiger partial charge on any atom is 0.258 e. The molecule has 0 unspecified atom stereocenters. The van der Waals surface area contributed by atoms with Crippen LogP contribution in [0.25, 0.3) is 10.9 Å².